The van der Waals surface area contributed by atoms with Crippen LogP contribution in [0.25, 0.3) is 0 Å². The molecular weight excluding hydrogens is 500 g/mol. The highest BCUT2D eigenvalue weighted by Crippen LogP contribution is 2.17. The summed E-state index contributed by atoms with van der Waals surface area (Å²) in [6, 6.07) is 7.52. The number of nitrogens with two attached hydrogens (primary N) is 1. The number of rotatable bonds is 16. The molecule has 39 heavy (non-hydrogen) atoms. The number of nitrogens with one attached hydrogen (secondary N) is 1. The first kappa shape index (κ1) is 32.1. The molecule has 0 spiro atoms. The molecular formula is C31H43F2N3O3. The number of carbonyl (C=O) groups excluding carboxylic acids is 2. The van der Waals surface area contributed by atoms with Crippen LogP contribution in [-0.4, -0.2) is 55.1 Å². The van der Waals surface area contributed by atoms with E-state index in [0.29, 0.717) is 30.8 Å². The van der Waals surface area contributed by atoms with E-state index in [1.165, 1.54) is 12.1 Å². The molecule has 0 saturated carbocycles. The summed E-state index contributed by atoms with van der Waals surface area (Å²) < 4.78 is 33.3. The van der Waals surface area contributed by atoms with E-state index in [2.05, 4.69) is 18.3 Å². The van der Waals surface area contributed by atoms with E-state index < -0.39 is 29.7 Å². The van der Waals surface area contributed by atoms with Crippen LogP contribution in [0.1, 0.15) is 78.3 Å². The predicted octanol–water partition coefficient (Wildman–Crippen LogP) is 5.58. The van der Waals surface area contributed by atoms with Crippen LogP contribution in [-0.2, 0) is 11.2 Å². The minimum Gasteiger partial charge on any atom is -0.456 e. The van der Waals surface area contributed by atoms with Crippen molar-refractivity contribution in [2.45, 2.75) is 71.9 Å². The fourth-order valence-corrected chi connectivity index (χ4v) is 4.36. The van der Waals surface area contributed by atoms with Gasteiger partial charge in [-0.3, -0.25) is 4.79 Å². The van der Waals surface area contributed by atoms with Gasteiger partial charge in [0.25, 0.3) is 5.91 Å². The Kier molecular flexibility index (Phi) is 13.8. The summed E-state index contributed by atoms with van der Waals surface area (Å²) in [7, 11) is 0. The number of aryl methyl sites for hydroxylation is 1. The summed E-state index contributed by atoms with van der Waals surface area (Å²) in [6.45, 7) is 10.0. The van der Waals surface area contributed by atoms with Gasteiger partial charge < -0.3 is 20.7 Å². The molecule has 0 radical (unpaired) electrons. The molecule has 0 aromatic heterocycles. The number of amides is 1. The molecule has 0 aliphatic heterocycles. The van der Waals surface area contributed by atoms with Crippen LogP contribution in [0.5, 0.6) is 0 Å². The molecule has 3 N–H and O–H groups in total. The summed E-state index contributed by atoms with van der Waals surface area (Å²) in [4.78, 5) is 28.2. The summed E-state index contributed by atoms with van der Waals surface area (Å²) in [5.74, 6) is -2.12. The summed E-state index contributed by atoms with van der Waals surface area (Å²) in [5, 5.41) is 3.22. The van der Waals surface area contributed by atoms with Gasteiger partial charge >= 0.3 is 5.97 Å². The van der Waals surface area contributed by atoms with Crippen molar-refractivity contribution >= 4 is 11.9 Å². The Hall–Kier alpha value is -3.10. The van der Waals surface area contributed by atoms with Crippen LogP contribution >= 0.6 is 0 Å². The normalized spacial score (nSPS) is 12.9. The van der Waals surface area contributed by atoms with Gasteiger partial charge in [-0.1, -0.05) is 39.3 Å². The van der Waals surface area contributed by atoms with Gasteiger partial charge in [0.15, 0.2) is 0 Å². The Bertz CT molecular complexity index is 1080. The second-order valence-corrected chi connectivity index (χ2v) is 9.89. The van der Waals surface area contributed by atoms with Crippen LogP contribution in [0.4, 0.5) is 8.78 Å². The van der Waals surface area contributed by atoms with Crippen molar-refractivity contribution < 1.29 is 23.1 Å². The zero-order chi connectivity index (χ0) is 28.8. The Morgan fingerprint density at radius 2 is 1.59 bits per heavy atom. The molecule has 2 rings (SSSR count). The second-order valence-electron chi connectivity index (χ2n) is 9.89. The Labute approximate surface area is 231 Å². The number of esters is 1. The second kappa shape index (κ2) is 16.8. The van der Waals surface area contributed by atoms with Gasteiger partial charge in [0.1, 0.15) is 17.7 Å². The standard InChI is InChI=1S/C31H43F2N3O3/c1-5-8-9-10-11-35-21-29(28(34)18-23-16-26(32)20-27(33)17-23)39-31(38)25-15-22(4)14-24(19-25)30(37)36(12-6-2)13-7-3/h9-10,14-17,19-20,28-29,35H,5-8,11-13,18,21,34H2,1-4H3. The zero-order valence-electron chi connectivity index (χ0n) is 23.6. The molecule has 214 valence electrons. The smallest absolute Gasteiger partial charge is 0.338 e. The number of nitrogens with zero attached hydrogens (tertiary/aromatic N) is 1. The molecule has 0 heterocycles. The first-order chi connectivity index (χ1) is 18.7. The lowest BCUT2D eigenvalue weighted by atomic mass is 10.0. The number of hydrogen-bond acceptors (Lipinski definition) is 5. The monoisotopic (exact) mass is 543 g/mol. The van der Waals surface area contributed by atoms with E-state index in [0.717, 1.165) is 37.3 Å². The molecule has 0 bridgehead atoms. The Balaban J connectivity index is 2.23. The fraction of sp³-hybridized carbons (Fsp3) is 0.484. The highest BCUT2D eigenvalue weighted by atomic mass is 19.1. The van der Waals surface area contributed by atoms with Gasteiger partial charge in [-0.15, -0.1) is 0 Å². The van der Waals surface area contributed by atoms with Gasteiger partial charge in [0.05, 0.1) is 5.56 Å². The maximum absolute atomic E-state index is 13.7. The quantitative estimate of drug-likeness (QED) is 0.164. The molecule has 6 nitrogen and oxygen atoms in total. The molecule has 2 aromatic carbocycles. The molecule has 0 saturated heterocycles. The van der Waals surface area contributed by atoms with Crippen LogP contribution in [0.3, 0.4) is 0 Å². The number of ether oxygens (including phenoxy) is 1. The Morgan fingerprint density at radius 3 is 2.21 bits per heavy atom. The number of unbranched alkanes of at least 4 members (excludes halogenated alkanes) is 1. The first-order valence-electron chi connectivity index (χ1n) is 13.9. The maximum Gasteiger partial charge on any atom is 0.338 e. The molecule has 2 aromatic rings. The zero-order valence-corrected chi connectivity index (χ0v) is 23.6. The molecule has 2 atom stereocenters. The molecule has 1 amide bonds. The maximum atomic E-state index is 13.7. The van der Waals surface area contributed by atoms with Gasteiger partial charge in [0, 0.05) is 43.9 Å². The number of benzene rings is 2. The lowest BCUT2D eigenvalue weighted by Crippen LogP contribution is -2.46. The minimum absolute atomic E-state index is 0.112. The van der Waals surface area contributed by atoms with Gasteiger partial charge in [-0.25, -0.2) is 13.6 Å². The summed E-state index contributed by atoms with van der Waals surface area (Å²) in [5.41, 5.74) is 8.23. The van der Waals surface area contributed by atoms with Crippen molar-refractivity contribution in [2.24, 2.45) is 5.73 Å². The van der Waals surface area contributed by atoms with E-state index in [4.69, 9.17) is 10.5 Å². The van der Waals surface area contributed by atoms with E-state index >= 15 is 0 Å². The molecule has 0 aliphatic rings. The van der Waals surface area contributed by atoms with E-state index in [1.54, 1.807) is 23.1 Å². The third kappa shape index (κ3) is 10.9. The largest absolute Gasteiger partial charge is 0.456 e. The highest BCUT2D eigenvalue weighted by molar-refractivity contribution is 5.98. The molecule has 8 heteroatoms. The summed E-state index contributed by atoms with van der Waals surface area (Å²) >= 11 is 0. The SMILES string of the molecule is CCCC=CCNCC(OC(=O)c1cc(C)cc(C(=O)N(CCC)CCC)c1)C(N)Cc1cc(F)cc(F)c1. The Morgan fingerprint density at radius 1 is 0.949 bits per heavy atom. The third-order valence-electron chi connectivity index (χ3n) is 6.19. The lowest BCUT2D eigenvalue weighted by molar-refractivity contribution is 0.0241. The average molecular weight is 544 g/mol. The number of hydrogen-bond donors (Lipinski definition) is 2. The molecule has 0 fully saturated rings. The van der Waals surface area contributed by atoms with Crippen molar-refractivity contribution in [3.05, 3.63) is 82.4 Å². The fourth-order valence-electron chi connectivity index (χ4n) is 4.36. The van der Waals surface area contributed by atoms with Crippen molar-refractivity contribution in [3.63, 3.8) is 0 Å². The predicted molar refractivity (Wildman–Crippen MR) is 152 cm³/mol. The van der Waals surface area contributed by atoms with Crippen LogP contribution in [0, 0.1) is 18.6 Å². The van der Waals surface area contributed by atoms with Crippen molar-refractivity contribution in [1.82, 2.24) is 10.2 Å². The third-order valence-corrected chi connectivity index (χ3v) is 6.19. The average Bonchev–Trinajstić information content (AvgIpc) is 2.88. The number of halogens is 2. The highest BCUT2D eigenvalue weighted by Gasteiger charge is 2.25. The van der Waals surface area contributed by atoms with E-state index in [9.17, 15) is 18.4 Å². The minimum atomic E-state index is -0.778. The number of allylic oxidation sites excluding steroid dienone is 1. The van der Waals surface area contributed by atoms with E-state index in [-0.39, 0.29) is 24.4 Å². The van der Waals surface area contributed by atoms with Crippen molar-refractivity contribution in [2.75, 3.05) is 26.2 Å². The van der Waals surface area contributed by atoms with Crippen LogP contribution in [0.15, 0.2) is 48.6 Å². The summed E-state index contributed by atoms with van der Waals surface area (Å²) in [6.07, 6.45) is 7.07. The van der Waals surface area contributed by atoms with E-state index in [1.807, 2.05) is 26.8 Å². The van der Waals surface area contributed by atoms with Crippen molar-refractivity contribution in [1.29, 1.82) is 0 Å². The topological polar surface area (TPSA) is 84.7 Å². The number of carbonyl (C=O) groups is 2. The van der Waals surface area contributed by atoms with Gasteiger partial charge in [0.2, 0.25) is 0 Å². The molecule has 0 aliphatic carbocycles. The van der Waals surface area contributed by atoms with Gasteiger partial charge in [-0.05, 0) is 74.1 Å². The first-order valence-corrected chi connectivity index (χ1v) is 13.9. The van der Waals surface area contributed by atoms with Crippen LogP contribution in [0.2, 0.25) is 0 Å². The lowest BCUT2D eigenvalue weighted by Gasteiger charge is -2.25. The molecule has 2 unspecified atom stereocenters. The van der Waals surface area contributed by atoms with Gasteiger partial charge in [-0.2, -0.15) is 0 Å². The van der Waals surface area contributed by atoms with Crippen LogP contribution < -0.4 is 11.1 Å². The van der Waals surface area contributed by atoms with Crippen molar-refractivity contribution in [3.8, 4) is 0 Å².